The number of nitrogens with one attached hydrogen (secondary N) is 1. The van der Waals surface area contributed by atoms with Crippen LogP contribution < -0.4 is 5.32 Å². The number of imidazole rings is 1. The van der Waals surface area contributed by atoms with Crippen LogP contribution in [0.4, 0.5) is 11.5 Å². The molecule has 1 aromatic carbocycles. The molecule has 3 heterocycles. The van der Waals surface area contributed by atoms with Crippen molar-refractivity contribution in [1.82, 2.24) is 14.4 Å². The summed E-state index contributed by atoms with van der Waals surface area (Å²) >= 11 is 0. The zero-order valence-electron chi connectivity index (χ0n) is 12.9. The van der Waals surface area contributed by atoms with Crippen LogP contribution in [-0.4, -0.2) is 14.4 Å². The van der Waals surface area contributed by atoms with E-state index in [1.54, 1.807) is 12.4 Å². The molecule has 0 unspecified atom stereocenters. The van der Waals surface area contributed by atoms with E-state index in [0.717, 1.165) is 34.4 Å². The fourth-order valence-corrected chi connectivity index (χ4v) is 2.62. The van der Waals surface area contributed by atoms with Gasteiger partial charge in [-0.3, -0.25) is 9.38 Å². The standard InChI is InChI=1S/C18H16N4O/c1-12-4-3-5-14(10-12)20-18-17(15-7-6-13(2)23-15)21-16-11-19-8-9-22(16)18/h3-11,20H,1-2H3. The number of aromatic nitrogens is 3. The number of nitrogens with zero attached hydrogens (tertiary/aromatic N) is 3. The molecule has 5 nitrogen and oxygen atoms in total. The number of aryl methyl sites for hydroxylation is 2. The molecule has 0 saturated heterocycles. The molecule has 0 spiro atoms. The van der Waals surface area contributed by atoms with Crippen molar-refractivity contribution in [3.63, 3.8) is 0 Å². The highest BCUT2D eigenvalue weighted by molar-refractivity contribution is 5.77. The molecule has 0 fully saturated rings. The summed E-state index contributed by atoms with van der Waals surface area (Å²) in [5.41, 5.74) is 3.74. The van der Waals surface area contributed by atoms with Crippen molar-refractivity contribution in [1.29, 1.82) is 0 Å². The van der Waals surface area contributed by atoms with E-state index in [-0.39, 0.29) is 0 Å². The molecule has 0 atom stereocenters. The first-order valence-corrected chi connectivity index (χ1v) is 7.43. The molecular formula is C18H16N4O. The van der Waals surface area contributed by atoms with Gasteiger partial charge in [-0.1, -0.05) is 12.1 Å². The Kier molecular flexibility index (Phi) is 3.12. The molecule has 5 heteroatoms. The lowest BCUT2D eigenvalue weighted by atomic mass is 10.2. The molecule has 4 rings (SSSR count). The van der Waals surface area contributed by atoms with E-state index in [1.165, 1.54) is 5.56 Å². The highest BCUT2D eigenvalue weighted by atomic mass is 16.3. The zero-order chi connectivity index (χ0) is 15.8. The number of hydrogen-bond acceptors (Lipinski definition) is 4. The van der Waals surface area contributed by atoms with Crippen LogP contribution in [-0.2, 0) is 0 Å². The van der Waals surface area contributed by atoms with Crippen LogP contribution in [0, 0.1) is 13.8 Å². The predicted octanol–water partition coefficient (Wildman–Crippen LogP) is 4.35. The minimum Gasteiger partial charge on any atom is -0.460 e. The van der Waals surface area contributed by atoms with Crippen LogP contribution in [0.1, 0.15) is 11.3 Å². The Labute approximate surface area is 133 Å². The second-order valence-electron chi connectivity index (χ2n) is 5.52. The molecule has 0 radical (unpaired) electrons. The van der Waals surface area contributed by atoms with E-state index in [0.29, 0.717) is 0 Å². The Hall–Kier alpha value is -3.08. The number of hydrogen-bond donors (Lipinski definition) is 1. The third-order valence-electron chi connectivity index (χ3n) is 3.68. The number of benzene rings is 1. The molecule has 0 aliphatic heterocycles. The van der Waals surface area contributed by atoms with Crippen molar-refractivity contribution in [2.24, 2.45) is 0 Å². The summed E-state index contributed by atoms with van der Waals surface area (Å²) in [4.78, 5) is 8.80. The van der Waals surface area contributed by atoms with E-state index in [2.05, 4.69) is 34.3 Å². The maximum Gasteiger partial charge on any atom is 0.157 e. The summed E-state index contributed by atoms with van der Waals surface area (Å²) in [5, 5.41) is 3.46. The maximum absolute atomic E-state index is 5.76. The van der Waals surface area contributed by atoms with Gasteiger partial charge in [-0.25, -0.2) is 4.98 Å². The smallest absolute Gasteiger partial charge is 0.157 e. The first kappa shape index (κ1) is 13.6. The molecule has 3 aromatic heterocycles. The van der Waals surface area contributed by atoms with E-state index < -0.39 is 0 Å². The average Bonchev–Trinajstić information content (AvgIpc) is 3.12. The minimum absolute atomic E-state index is 0.737. The topological polar surface area (TPSA) is 55.4 Å². The van der Waals surface area contributed by atoms with Crippen LogP contribution >= 0.6 is 0 Å². The Balaban J connectivity index is 1.89. The lowest BCUT2D eigenvalue weighted by Crippen LogP contribution is -1.97. The molecule has 0 amide bonds. The third kappa shape index (κ3) is 2.46. The van der Waals surface area contributed by atoms with E-state index in [1.807, 2.05) is 41.8 Å². The van der Waals surface area contributed by atoms with E-state index in [4.69, 9.17) is 4.42 Å². The first-order chi connectivity index (χ1) is 11.2. The van der Waals surface area contributed by atoms with Gasteiger partial charge >= 0.3 is 0 Å². The zero-order valence-corrected chi connectivity index (χ0v) is 12.9. The van der Waals surface area contributed by atoms with Gasteiger partial charge in [0, 0.05) is 18.1 Å². The minimum atomic E-state index is 0.737. The fourth-order valence-electron chi connectivity index (χ4n) is 2.62. The highest BCUT2D eigenvalue weighted by Crippen LogP contribution is 2.32. The number of anilines is 2. The van der Waals surface area contributed by atoms with Crippen LogP contribution in [0.15, 0.2) is 59.4 Å². The number of furan rings is 1. The molecule has 0 bridgehead atoms. The van der Waals surface area contributed by atoms with E-state index >= 15 is 0 Å². The second-order valence-corrected chi connectivity index (χ2v) is 5.52. The first-order valence-electron chi connectivity index (χ1n) is 7.43. The summed E-state index contributed by atoms with van der Waals surface area (Å²) in [6.07, 6.45) is 5.37. The van der Waals surface area contributed by atoms with Crippen LogP contribution in [0.5, 0.6) is 0 Å². The van der Waals surface area contributed by atoms with Gasteiger partial charge in [0.15, 0.2) is 11.4 Å². The Morgan fingerprint density at radius 2 is 2.04 bits per heavy atom. The normalized spacial score (nSPS) is 11.0. The van der Waals surface area contributed by atoms with Crippen molar-refractivity contribution >= 4 is 17.2 Å². The van der Waals surface area contributed by atoms with Gasteiger partial charge in [0.25, 0.3) is 0 Å². The van der Waals surface area contributed by atoms with Crippen molar-refractivity contribution in [3.05, 3.63) is 66.3 Å². The molecule has 0 aliphatic carbocycles. The Morgan fingerprint density at radius 3 is 2.83 bits per heavy atom. The Bertz CT molecular complexity index is 984. The van der Waals surface area contributed by atoms with Crippen molar-refractivity contribution in [2.45, 2.75) is 13.8 Å². The second kappa shape index (κ2) is 5.28. The quantitative estimate of drug-likeness (QED) is 0.611. The summed E-state index contributed by atoms with van der Waals surface area (Å²) < 4.78 is 7.74. The highest BCUT2D eigenvalue weighted by Gasteiger charge is 2.17. The summed E-state index contributed by atoms with van der Waals surface area (Å²) in [6.45, 7) is 3.99. The maximum atomic E-state index is 5.76. The summed E-state index contributed by atoms with van der Waals surface area (Å²) in [5.74, 6) is 2.46. The molecular weight excluding hydrogens is 288 g/mol. The molecule has 1 N–H and O–H groups in total. The van der Waals surface area contributed by atoms with Gasteiger partial charge in [-0.2, -0.15) is 0 Å². The predicted molar refractivity (Wildman–Crippen MR) is 89.9 cm³/mol. The summed E-state index contributed by atoms with van der Waals surface area (Å²) in [6, 6.07) is 12.1. The van der Waals surface area contributed by atoms with Gasteiger partial charge in [0.05, 0.1) is 6.20 Å². The number of rotatable bonds is 3. The van der Waals surface area contributed by atoms with Gasteiger partial charge in [-0.15, -0.1) is 0 Å². The van der Waals surface area contributed by atoms with Crippen molar-refractivity contribution in [2.75, 3.05) is 5.32 Å². The van der Waals surface area contributed by atoms with Crippen LogP contribution in [0.25, 0.3) is 17.1 Å². The summed E-state index contributed by atoms with van der Waals surface area (Å²) in [7, 11) is 0. The third-order valence-corrected chi connectivity index (χ3v) is 3.68. The van der Waals surface area contributed by atoms with Gasteiger partial charge in [-0.05, 0) is 43.7 Å². The van der Waals surface area contributed by atoms with Gasteiger partial charge in [0.2, 0.25) is 0 Å². The van der Waals surface area contributed by atoms with Crippen molar-refractivity contribution < 1.29 is 4.42 Å². The van der Waals surface area contributed by atoms with Gasteiger partial charge < -0.3 is 9.73 Å². The molecule has 4 aromatic rings. The molecule has 23 heavy (non-hydrogen) atoms. The van der Waals surface area contributed by atoms with E-state index in [9.17, 15) is 0 Å². The lowest BCUT2D eigenvalue weighted by Gasteiger charge is -2.08. The molecule has 0 aliphatic rings. The molecule has 0 saturated carbocycles. The average molecular weight is 304 g/mol. The number of fused-ring (bicyclic) bond motifs is 1. The van der Waals surface area contributed by atoms with Crippen LogP contribution in [0.2, 0.25) is 0 Å². The fraction of sp³-hybridized carbons (Fsp3) is 0.111. The SMILES string of the molecule is Cc1cccc(Nc2c(-c3ccc(C)o3)nc3cnccn23)c1. The Morgan fingerprint density at radius 1 is 1.13 bits per heavy atom. The lowest BCUT2D eigenvalue weighted by molar-refractivity contribution is 0.547. The van der Waals surface area contributed by atoms with Crippen LogP contribution in [0.3, 0.4) is 0 Å². The van der Waals surface area contributed by atoms with Gasteiger partial charge in [0.1, 0.15) is 17.3 Å². The monoisotopic (exact) mass is 304 g/mol. The van der Waals surface area contributed by atoms with Crippen molar-refractivity contribution in [3.8, 4) is 11.5 Å². The largest absolute Gasteiger partial charge is 0.460 e. The molecule has 114 valence electrons.